The summed E-state index contributed by atoms with van der Waals surface area (Å²) < 4.78 is 26.9. The minimum absolute atomic E-state index is 0.282. The summed E-state index contributed by atoms with van der Waals surface area (Å²) in [6.45, 7) is 5.41. The second kappa shape index (κ2) is 11.1. The normalized spacial score (nSPS) is 14.0. The molecular weight excluding hydrogens is 531 g/mol. The largest absolute Gasteiger partial charge is 0.475 e. The number of fused-ring (bicyclic) bond motifs is 1. The van der Waals surface area contributed by atoms with Crippen LogP contribution in [0.25, 0.3) is 22.2 Å². The molecular formula is C34H31FN4O3. The van der Waals surface area contributed by atoms with Crippen molar-refractivity contribution in [3.05, 3.63) is 119 Å². The van der Waals surface area contributed by atoms with Gasteiger partial charge in [0.1, 0.15) is 12.4 Å². The number of hydrogen-bond donors (Lipinski definition) is 1. The molecule has 2 aromatic heterocycles. The molecule has 1 aliphatic heterocycles. The van der Waals surface area contributed by atoms with Crippen LogP contribution in [0.1, 0.15) is 40.9 Å². The summed E-state index contributed by atoms with van der Waals surface area (Å²) in [5.41, 5.74) is 3.81. The van der Waals surface area contributed by atoms with E-state index in [1.165, 1.54) is 13.3 Å². The lowest BCUT2D eigenvalue weighted by Gasteiger charge is -2.25. The molecule has 212 valence electrons. The number of methoxy groups -OCH3 is 1. The average molecular weight is 563 g/mol. The first-order valence-corrected chi connectivity index (χ1v) is 13.8. The number of aliphatic imine (C=N–C) groups is 1. The van der Waals surface area contributed by atoms with Gasteiger partial charge in [-0.3, -0.25) is 0 Å². The fourth-order valence-electron chi connectivity index (χ4n) is 5.20. The summed E-state index contributed by atoms with van der Waals surface area (Å²) in [6, 6.07) is 27.1. The van der Waals surface area contributed by atoms with Gasteiger partial charge >= 0.3 is 5.97 Å². The minimum atomic E-state index is -0.521. The van der Waals surface area contributed by atoms with Crippen LogP contribution in [0.15, 0.2) is 96.1 Å². The van der Waals surface area contributed by atoms with Crippen molar-refractivity contribution >= 4 is 28.6 Å². The van der Waals surface area contributed by atoms with Gasteiger partial charge in [0.2, 0.25) is 5.90 Å². The number of rotatable bonds is 8. The molecule has 3 aromatic carbocycles. The Balaban J connectivity index is 1.50. The number of ether oxygens (including phenoxy) is 2. The number of nitrogens with one attached hydrogen (secondary N) is 1. The maximum Gasteiger partial charge on any atom is 0.340 e. The summed E-state index contributed by atoms with van der Waals surface area (Å²) in [4.78, 5) is 27.6. The predicted molar refractivity (Wildman–Crippen MR) is 162 cm³/mol. The highest BCUT2D eigenvalue weighted by Gasteiger charge is 2.30. The highest BCUT2D eigenvalue weighted by atomic mass is 19.1. The molecule has 0 aliphatic carbocycles. The first-order valence-electron chi connectivity index (χ1n) is 13.8. The average Bonchev–Trinajstić information content (AvgIpc) is 3.60. The van der Waals surface area contributed by atoms with Gasteiger partial charge in [0.25, 0.3) is 0 Å². The third-order valence-electron chi connectivity index (χ3n) is 7.27. The zero-order valence-electron chi connectivity index (χ0n) is 23.7. The van der Waals surface area contributed by atoms with Crippen LogP contribution in [-0.2, 0) is 22.6 Å². The molecule has 0 bridgehead atoms. The van der Waals surface area contributed by atoms with Crippen molar-refractivity contribution in [2.45, 2.75) is 32.5 Å². The van der Waals surface area contributed by atoms with E-state index in [0.717, 1.165) is 11.1 Å². The first-order chi connectivity index (χ1) is 20.3. The van der Waals surface area contributed by atoms with Crippen molar-refractivity contribution < 1.29 is 18.7 Å². The lowest BCUT2D eigenvalue weighted by molar-refractivity contribution is 0.0602. The Hall–Kier alpha value is -4.98. The highest BCUT2D eigenvalue weighted by Crippen LogP contribution is 2.35. The Morgan fingerprint density at radius 3 is 2.21 bits per heavy atom. The van der Waals surface area contributed by atoms with Gasteiger partial charge in [-0.15, -0.1) is 0 Å². The van der Waals surface area contributed by atoms with Gasteiger partial charge < -0.3 is 19.4 Å². The molecule has 0 saturated heterocycles. The topological polar surface area (TPSA) is 79.8 Å². The second-order valence-corrected chi connectivity index (χ2v) is 11.0. The van der Waals surface area contributed by atoms with Crippen LogP contribution < -0.4 is 4.90 Å². The van der Waals surface area contributed by atoms with Gasteiger partial charge in [-0.05, 0) is 43.2 Å². The Kier molecular flexibility index (Phi) is 7.20. The van der Waals surface area contributed by atoms with E-state index in [4.69, 9.17) is 14.5 Å². The van der Waals surface area contributed by atoms with Gasteiger partial charge in [0, 0.05) is 35.9 Å². The van der Waals surface area contributed by atoms with E-state index in [1.807, 2.05) is 50.2 Å². The molecule has 7 nitrogen and oxygen atoms in total. The molecule has 0 amide bonds. The molecule has 0 unspecified atom stereocenters. The summed E-state index contributed by atoms with van der Waals surface area (Å²) in [5, 5.41) is 0.591. The monoisotopic (exact) mass is 562 g/mol. The molecule has 3 heterocycles. The number of carbonyl (C=O) groups is 1. The predicted octanol–water partition coefficient (Wildman–Crippen LogP) is 6.92. The van der Waals surface area contributed by atoms with Crippen molar-refractivity contribution in [2.24, 2.45) is 4.99 Å². The summed E-state index contributed by atoms with van der Waals surface area (Å²) in [5.74, 6) is -0.0594. The lowest BCUT2D eigenvalue weighted by atomic mass is 10.1. The fourth-order valence-corrected chi connectivity index (χ4v) is 5.20. The fraction of sp³-hybridized carbons (Fsp3) is 0.206. The number of carbonyl (C=O) groups excluding carboxylic acids is 1. The van der Waals surface area contributed by atoms with Crippen molar-refractivity contribution in [1.82, 2.24) is 9.97 Å². The Morgan fingerprint density at radius 2 is 1.62 bits per heavy atom. The number of nitrogens with zero attached hydrogens (tertiary/aromatic N) is 3. The van der Waals surface area contributed by atoms with E-state index >= 15 is 4.39 Å². The number of benzene rings is 3. The molecule has 0 saturated carbocycles. The number of anilines is 1. The minimum Gasteiger partial charge on any atom is -0.475 e. The molecule has 6 rings (SSSR count). The molecule has 0 fully saturated rings. The Morgan fingerprint density at radius 1 is 0.976 bits per heavy atom. The van der Waals surface area contributed by atoms with Gasteiger partial charge in [0.05, 0.1) is 29.3 Å². The number of esters is 1. The Bertz CT molecular complexity index is 1740. The second-order valence-electron chi connectivity index (χ2n) is 11.0. The lowest BCUT2D eigenvalue weighted by Crippen LogP contribution is -2.24. The molecule has 0 radical (unpaired) electrons. The number of hydrogen-bond acceptors (Lipinski definition) is 6. The van der Waals surface area contributed by atoms with Crippen LogP contribution in [0.2, 0.25) is 0 Å². The van der Waals surface area contributed by atoms with Crippen molar-refractivity contribution in [1.29, 1.82) is 0 Å². The van der Waals surface area contributed by atoms with E-state index in [2.05, 4.69) is 39.1 Å². The van der Waals surface area contributed by atoms with Crippen LogP contribution >= 0.6 is 0 Å². The van der Waals surface area contributed by atoms with E-state index in [1.54, 1.807) is 24.3 Å². The quantitative estimate of drug-likeness (QED) is 0.208. The summed E-state index contributed by atoms with van der Waals surface area (Å²) in [6.07, 6.45) is 1.53. The standard InChI is InChI=1S/C34H31FN4O3/c1-34(2)21-42-32(38-34)25-16-10-15-24(29(25)35)28-17-26-27(33(40)41-3)18-36-31(30(26)37-28)39(19-22-11-6-4-7-12-22)20-23-13-8-5-9-14-23/h4-18,37H,19-21H2,1-3H3. The number of pyridine rings is 1. The number of aromatic nitrogens is 2. The molecule has 0 spiro atoms. The molecule has 8 heteroatoms. The van der Waals surface area contributed by atoms with Crippen molar-refractivity contribution in [2.75, 3.05) is 18.6 Å². The summed E-state index contributed by atoms with van der Waals surface area (Å²) >= 11 is 0. The van der Waals surface area contributed by atoms with Crippen molar-refractivity contribution in [3.8, 4) is 11.3 Å². The highest BCUT2D eigenvalue weighted by molar-refractivity contribution is 6.08. The van der Waals surface area contributed by atoms with Crippen molar-refractivity contribution in [3.63, 3.8) is 0 Å². The first kappa shape index (κ1) is 27.2. The summed E-state index contributed by atoms with van der Waals surface area (Å²) in [7, 11) is 1.33. The molecule has 1 N–H and O–H groups in total. The van der Waals surface area contributed by atoms with Crippen LogP contribution in [0.4, 0.5) is 10.2 Å². The van der Waals surface area contributed by atoms with Gasteiger partial charge in [-0.2, -0.15) is 0 Å². The van der Waals surface area contributed by atoms with E-state index in [0.29, 0.717) is 53.2 Å². The van der Waals surface area contributed by atoms with Crippen LogP contribution in [-0.4, -0.2) is 41.1 Å². The number of halogens is 1. The maximum absolute atomic E-state index is 16.1. The molecule has 1 aliphatic rings. The SMILES string of the molecule is COC(=O)c1cnc(N(Cc2ccccc2)Cc2ccccc2)c2[nH]c(-c3cccc(C4=NC(C)(C)CO4)c3F)cc12. The van der Waals surface area contributed by atoms with E-state index < -0.39 is 17.3 Å². The van der Waals surface area contributed by atoms with Gasteiger partial charge in [-0.25, -0.2) is 19.2 Å². The molecule has 0 atom stereocenters. The molecule has 5 aromatic rings. The Labute approximate surface area is 243 Å². The third kappa shape index (κ3) is 5.35. The maximum atomic E-state index is 16.1. The zero-order valence-corrected chi connectivity index (χ0v) is 23.7. The van der Waals surface area contributed by atoms with Gasteiger partial charge in [0.15, 0.2) is 5.82 Å². The van der Waals surface area contributed by atoms with Crippen LogP contribution in [0.5, 0.6) is 0 Å². The van der Waals surface area contributed by atoms with Crippen LogP contribution in [0, 0.1) is 5.82 Å². The van der Waals surface area contributed by atoms with Gasteiger partial charge in [-0.1, -0.05) is 66.7 Å². The van der Waals surface area contributed by atoms with E-state index in [-0.39, 0.29) is 11.5 Å². The third-order valence-corrected chi connectivity index (χ3v) is 7.27. The van der Waals surface area contributed by atoms with Crippen LogP contribution in [0.3, 0.4) is 0 Å². The number of aromatic amines is 1. The zero-order chi connectivity index (χ0) is 29.3. The smallest absolute Gasteiger partial charge is 0.340 e. The molecule has 42 heavy (non-hydrogen) atoms. The van der Waals surface area contributed by atoms with E-state index in [9.17, 15) is 4.79 Å². The number of H-pyrrole nitrogens is 1.